The fourth-order valence-corrected chi connectivity index (χ4v) is 2.52. The van der Waals surface area contributed by atoms with Crippen LogP contribution >= 0.6 is 0 Å². The highest BCUT2D eigenvalue weighted by Gasteiger charge is 2.27. The summed E-state index contributed by atoms with van der Waals surface area (Å²) < 4.78 is 0. The number of nitrogens with zero attached hydrogens (tertiary/aromatic N) is 3. The van der Waals surface area contributed by atoms with Crippen LogP contribution in [0.1, 0.15) is 12.8 Å². The predicted octanol–water partition coefficient (Wildman–Crippen LogP) is 1.17. The van der Waals surface area contributed by atoms with E-state index in [9.17, 15) is 5.11 Å². The number of nitrogen functional groups attached to an aromatic ring is 1. The van der Waals surface area contributed by atoms with Crippen LogP contribution in [0.5, 0.6) is 0 Å². The Labute approximate surface area is 105 Å². The SMILES string of the molecule is Nc1nc2ccccc2nc1N1CCCC1CO. The molecular weight excluding hydrogens is 228 g/mol. The van der Waals surface area contributed by atoms with Crippen LogP contribution in [0.15, 0.2) is 24.3 Å². The van der Waals surface area contributed by atoms with Crippen molar-refractivity contribution in [2.75, 3.05) is 23.8 Å². The standard InChI is InChI=1S/C13H16N4O/c14-12-13(17-7-3-4-9(17)8-18)16-11-6-2-1-5-10(11)15-12/h1-2,5-6,9,18H,3-4,7-8H2,(H2,14,15). The van der Waals surface area contributed by atoms with Crippen LogP contribution in [-0.4, -0.2) is 34.3 Å². The second kappa shape index (κ2) is 4.42. The van der Waals surface area contributed by atoms with E-state index in [1.807, 2.05) is 24.3 Å². The van der Waals surface area contributed by atoms with Gasteiger partial charge in [-0.1, -0.05) is 12.1 Å². The summed E-state index contributed by atoms with van der Waals surface area (Å²) in [6.07, 6.45) is 2.03. The van der Waals surface area contributed by atoms with E-state index in [4.69, 9.17) is 5.73 Å². The minimum atomic E-state index is 0.114. The summed E-state index contributed by atoms with van der Waals surface area (Å²) in [5.41, 5.74) is 7.63. The molecule has 0 spiro atoms. The van der Waals surface area contributed by atoms with E-state index in [2.05, 4.69) is 14.9 Å². The largest absolute Gasteiger partial charge is 0.394 e. The molecule has 1 aromatic carbocycles. The quantitative estimate of drug-likeness (QED) is 0.829. The Morgan fingerprint density at radius 3 is 2.72 bits per heavy atom. The highest BCUT2D eigenvalue weighted by Crippen LogP contribution is 2.28. The Morgan fingerprint density at radius 1 is 1.28 bits per heavy atom. The van der Waals surface area contributed by atoms with Gasteiger partial charge in [-0.15, -0.1) is 0 Å². The number of rotatable bonds is 2. The molecule has 5 heteroatoms. The Morgan fingerprint density at radius 2 is 2.00 bits per heavy atom. The van der Waals surface area contributed by atoms with Crippen molar-refractivity contribution in [3.8, 4) is 0 Å². The summed E-state index contributed by atoms with van der Waals surface area (Å²) in [5, 5.41) is 9.37. The summed E-state index contributed by atoms with van der Waals surface area (Å²) in [7, 11) is 0. The van der Waals surface area contributed by atoms with Gasteiger partial charge < -0.3 is 15.7 Å². The molecule has 1 atom stereocenters. The number of hydrogen-bond donors (Lipinski definition) is 2. The number of hydrogen-bond acceptors (Lipinski definition) is 5. The smallest absolute Gasteiger partial charge is 0.172 e. The summed E-state index contributed by atoms with van der Waals surface area (Å²) in [4.78, 5) is 11.0. The molecule has 1 aliphatic heterocycles. The monoisotopic (exact) mass is 244 g/mol. The molecule has 18 heavy (non-hydrogen) atoms. The second-order valence-electron chi connectivity index (χ2n) is 4.59. The Bertz CT molecular complexity index is 572. The predicted molar refractivity (Wildman–Crippen MR) is 71.4 cm³/mol. The van der Waals surface area contributed by atoms with Gasteiger partial charge in [-0.05, 0) is 25.0 Å². The highest BCUT2D eigenvalue weighted by atomic mass is 16.3. The number of aliphatic hydroxyl groups excluding tert-OH is 1. The molecule has 1 aromatic heterocycles. The summed E-state index contributed by atoms with van der Waals surface area (Å²) in [6, 6.07) is 7.79. The molecule has 1 fully saturated rings. The third kappa shape index (κ3) is 1.76. The van der Waals surface area contributed by atoms with Gasteiger partial charge in [0.25, 0.3) is 0 Å². The van der Waals surface area contributed by atoms with E-state index in [1.54, 1.807) is 0 Å². The summed E-state index contributed by atoms with van der Waals surface area (Å²) in [5.74, 6) is 1.14. The minimum Gasteiger partial charge on any atom is -0.394 e. The van der Waals surface area contributed by atoms with Crippen molar-refractivity contribution in [2.24, 2.45) is 0 Å². The first kappa shape index (κ1) is 11.2. The zero-order valence-electron chi connectivity index (χ0n) is 10.1. The topological polar surface area (TPSA) is 75.3 Å². The molecule has 2 heterocycles. The average molecular weight is 244 g/mol. The molecule has 1 saturated heterocycles. The molecule has 0 radical (unpaired) electrons. The first-order valence-corrected chi connectivity index (χ1v) is 6.19. The van der Waals surface area contributed by atoms with Crippen molar-refractivity contribution < 1.29 is 5.11 Å². The molecule has 3 rings (SSSR count). The number of anilines is 2. The third-order valence-corrected chi connectivity index (χ3v) is 3.44. The molecular formula is C13H16N4O. The molecule has 0 aliphatic carbocycles. The minimum absolute atomic E-state index is 0.114. The van der Waals surface area contributed by atoms with E-state index >= 15 is 0 Å². The summed E-state index contributed by atoms with van der Waals surface area (Å²) in [6.45, 7) is 1.01. The number of para-hydroxylation sites is 2. The Hall–Kier alpha value is -1.88. The average Bonchev–Trinajstić information content (AvgIpc) is 2.86. The van der Waals surface area contributed by atoms with E-state index < -0.39 is 0 Å². The van der Waals surface area contributed by atoms with Crippen molar-refractivity contribution in [1.82, 2.24) is 9.97 Å². The lowest BCUT2D eigenvalue weighted by Crippen LogP contribution is -2.33. The molecule has 0 amide bonds. The van der Waals surface area contributed by atoms with Gasteiger partial charge in [-0.2, -0.15) is 0 Å². The number of fused-ring (bicyclic) bond motifs is 1. The maximum absolute atomic E-state index is 9.37. The molecule has 2 aromatic rings. The van der Waals surface area contributed by atoms with Gasteiger partial charge in [0, 0.05) is 6.54 Å². The van der Waals surface area contributed by atoms with Crippen molar-refractivity contribution in [3.63, 3.8) is 0 Å². The molecule has 3 N–H and O–H groups in total. The van der Waals surface area contributed by atoms with Crippen molar-refractivity contribution in [1.29, 1.82) is 0 Å². The maximum Gasteiger partial charge on any atom is 0.172 e. The van der Waals surface area contributed by atoms with Crippen molar-refractivity contribution in [3.05, 3.63) is 24.3 Å². The third-order valence-electron chi connectivity index (χ3n) is 3.44. The zero-order chi connectivity index (χ0) is 12.5. The van der Waals surface area contributed by atoms with Gasteiger partial charge in [0.1, 0.15) is 0 Å². The number of benzene rings is 1. The normalized spacial score (nSPS) is 19.6. The van der Waals surface area contributed by atoms with Crippen molar-refractivity contribution in [2.45, 2.75) is 18.9 Å². The van der Waals surface area contributed by atoms with E-state index in [1.165, 1.54) is 0 Å². The van der Waals surface area contributed by atoms with Gasteiger partial charge in [-0.25, -0.2) is 9.97 Å². The lowest BCUT2D eigenvalue weighted by Gasteiger charge is -2.25. The molecule has 0 saturated carbocycles. The molecule has 5 nitrogen and oxygen atoms in total. The van der Waals surface area contributed by atoms with Gasteiger partial charge in [-0.3, -0.25) is 0 Å². The molecule has 1 aliphatic rings. The number of nitrogens with two attached hydrogens (primary N) is 1. The molecule has 94 valence electrons. The van der Waals surface area contributed by atoms with Crippen molar-refractivity contribution >= 4 is 22.7 Å². The van der Waals surface area contributed by atoms with Crippen LogP contribution < -0.4 is 10.6 Å². The molecule has 0 bridgehead atoms. The first-order valence-electron chi connectivity index (χ1n) is 6.19. The van der Waals surface area contributed by atoms with Crippen LogP contribution in [0.3, 0.4) is 0 Å². The number of aromatic nitrogens is 2. The van der Waals surface area contributed by atoms with Gasteiger partial charge in [0.15, 0.2) is 11.6 Å². The van der Waals surface area contributed by atoms with E-state index in [0.717, 1.165) is 30.4 Å². The van der Waals surface area contributed by atoms with Crippen LogP contribution in [0, 0.1) is 0 Å². The van der Waals surface area contributed by atoms with Gasteiger partial charge >= 0.3 is 0 Å². The summed E-state index contributed by atoms with van der Waals surface area (Å²) >= 11 is 0. The fourth-order valence-electron chi connectivity index (χ4n) is 2.52. The second-order valence-corrected chi connectivity index (χ2v) is 4.59. The lowest BCUT2D eigenvalue weighted by molar-refractivity contribution is 0.266. The zero-order valence-corrected chi connectivity index (χ0v) is 10.1. The maximum atomic E-state index is 9.37. The van der Waals surface area contributed by atoms with Crippen LogP contribution in [0.4, 0.5) is 11.6 Å². The van der Waals surface area contributed by atoms with Gasteiger partial charge in [0.2, 0.25) is 0 Å². The van der Waals surface area contributed by atoms with Crippen LogP contribution in [-0.2, 0) is 0 Å². The van der Waals surface area contributed by atoms with Gasteiger partial charge in [0.05, 0.1) is 23.7 Å². The fraction of sp³-hybridized carbons (Fsp3) is 0.385. The van der Waals surface area contributed by atoms with Crippen LogP contribution in [0.25, 0.3) is 11.0 Å². The first-order chi connectivity index (χ1) is 8.79. The van der Waals surface area contributed by atoms with Crippen LogP contribution in [0.2, 0.25) is 0 Å². The highest BCUT2D eigenvalue weighted by molar-refractivity contribution is 5.79. The Balaban J connectivity index is 2.08. The number of aliphatic hydroxyl groups is 1. The Kier molecular flexibility index (Phi) is 2.76. The lowest BCUT2D eigenvalue weighted by atomic mass is 10.2. The van der Waals surface area contributed by atoms with E-state index in [-0.39, 0.29) is 12.6 Å². The van der Waals surface area contributed by atoms with E-state index in [0.29, 0.717) is 11.6 Å². The molecule has 1 unspecified atom stereocenters.